The van der Waals surface area contributed by atoms with Crippen LogP contribution in [0.4, 0.5) is 0 Å². The lowest BCUT2D eigenvalue weighted by atomic mass is 9.94. The highest BCUT2D eigenvalue weighted by molar-refractivity contribution is 6.31. The summed E-state index contributed by atoms with van der Waals surface area (Å²) < 4.78 is 1.76. The monoisotopic (exact) mass is 333 g/mol. The molecule has 6 nitrogen and oxygen atoms in total. The second kappa shape index (κ2) is 6.68. The first kappa shape index (κ1) is 16.0. The van der Waals surface area contributed by atoms with Gasteiger partial charge < -0.3 is 10.2 Å². The number of rotatable bonds is 5. The van der Waals surface area contributed by atoms with Gasteiger partial charge >= 0.3 is 0 Å². The SMILES string of the molecule is CN1C(=O)C[C@@H](CNCc2c(Cl)cnn2C)[C@@H]1c1cccnc1. The molecule has 7 heteroatoms. The number of nitrogens with one attached hydrogen (secondary N) is 1. The highest BCUT2D eigenvalue weighted by Crippen LogP contribution is 2.36. The smallest absolute Gasteiger partial charge is 0.223 e. The molecule has 0 aliphatic carbocycles. The van der Waals surface area contributed by atoms with Gasteiger partial charge in [-0.15, -0.1) is 0 Å². The molecule has 0 bridgehead atoms. The Hall–Kier alpha value is -1.92. The van der Waals surface area contributed by atoms with Crippen LogP contribution in [0.15, 0.2) is 30.7 Å². The summed E-state index contributed by atoms with van der Waals surface area (Å²) in [7, 11) is 3.73. The number of aryl methyl sites for hydroxylation is 1. The molecule has 2 aromatic rings. The van der Waals surface area contributed by atoms with Gasteiger partial charge in [-0.05, 0) is 11.6 Å². The van der Waals surface area contributed by atoms with E-state index in [1.807, 2.05) is 37.3 Å². The van der Waals surface area contributed by atoms with Gasteiger partial charge in [-0.25, -0.2) is 0 Å². The van der Waals surface area contributed by atoms with Crippen molar-refractivity contribution in [2.45, 2.75) is 19.0 Å². The predicted molar refractivity (Wildman–Crippen MR) is 87.8 cm³/mol. The minimum atomic E-state index is 0.0608. The Labute approximate surface area is 140 Å². The maximum absolute atomic E-state index is 12.1. The van der Waals surface area contributed by atoms with E-state index in [0.717, 1.165) is 17.8 Å². The summed E-state index contributed by atoms with van der Waals surface area (Å²) in [6.07, 6.45) is 5.77. The summed E-state index contributed by atoms with van der Waals surface area (Å²) >= 11 is 6.12. The lowest BCUT2D eigenvalue weighted by molar-refractivity contribution is -0.127. The minimum absolute atomic E-state index is 0.0608. The second-order valence-corrected chi connectivity index (χ2v) is 6.30. The van der Waals surface area contributed by atoms with Crippen LogP contribution in [0, 0.1) is 5.92 Å². The zero-order valence-electron chi connectivity index (χ0n) is 13.2. The first-order valence-corrected chi connectivity index (χ1v) is 7.98. The van der Waals surface area contributed by atoms with Crippen molar-refractivity contribution < 1.29 is 4.79 Å². The molecule has 1 aliphatic rings. The van der Waals surface area contributed by atoms with Crippen molar-refractivity contribution in [2.75, 3.05) is 13.6 Å². The lowest BCUT2D eigenvalue weighted by Gasteiger charge is -2.25. The molecule has 2 aromatic heterocycles. The van der Waals surface area contributed by atoms with Crippen molar-refractivity contribution in [1.29, 1.82) is 0 Å². The molecule has 1 saturated heterocycles. The molecule has 0 spiro atoms. The Bertz CT molecular complexity index is 668. The number of halogens is 1. The van der Waals surface area contributed by atoms with E-state index in [2.05, 4.69) is 15.4 Å². The lowest BCUT2D eigenvalue weighted by Crippen LogP contribution is -2.29. The maximum atomic E-state index is 12.1. The van der Waals surface area contributed by atoms with E-state index in [0.29, 0.717) is 18.0 Å². The third kappa shape index (κ3) is 3.23. The number of hydrogen-bond acceptors (Lipinski definition) is 4. The number of aromatic nitrogens is 3. The number of amides is 1. The van der Waals surface area contributed by atoms with Crippen molar-refractivity contribution in [3.8, 4) is 0 Å². The number of pyridine rings is 1. The number of hydrogen-bond donors (Lipinski definition) is 1. The quantitative estimate of drug-likeness (QED) is 0.906. The Balaban J connectivity index is 1.67. The summed E-state index contributed by atoms with van der Waals surface area (Å²) in [6.45, 7) is 1.36. The van der Waals surface area contributed by atoms with Gasteiger partial charge in [-0.3, -0.25) is 14.5 Å². The summed E-state index contributed by atoms with van der Waals surface area (Å²) in [4.78, 5) is 18.1. The summed E-state index contributed by atoms with van der Waals surface area (Å²) in [5.74, 6) is 0.382. The van der Waals surface area contributed by atoms with Crippen LogP contribution in [0.2, 0.25) is 5.02 Å². The van der Waals surface area contributed by atoms with Gasteiger partial charge in [0.15, 0.2) is 0 Å². The molecule has 1 aliphatic heterocycles. The number of carbonyl (C=O) groups excluding carboxylic acids is 1. The van der Waals surface area contributed by atoms with Gasteiger partial charge in [0.1, 0.15) is 0 Å². The largest absolute Gasteiger partial charge is 0.338 e. The van der Waals surface area contributed by atoms with Crippen molar-refractivity contribution in [2.24, 2.45) is 13.0 Å². The molecule has 0 unspecified atom stereocenters. The molecule has 0 aromatic carbocycles. The van der Waals surface area contributed by atoms with E-state index < -0.39 is 0 Å². The third-order valence-corrected chi connectivity index (χ3v) is 4.75. The summed E-state index contributed by atoms with van der Waals surface area (Å²) in [5, 5.41) is 8.19. The number of likely N-dealkylation sites (tertiary alicyclic amines) is 1. The van der Waals surface area contributed by atoms with E-state index in [4.69, 9.17) is 11.6 Å². The fourth-order valence-corrected chi connectivity index (χ4v) is 3.43. The Morgan fingerprint density at radius 3 is 2.87 bits per heavy atom. The molecular formula is C16H20ClN5O. The number of nitrogens with zero attached hydrogens (tertiary/aromatic N) is 4. The molecular weight excluding hydrogens is 314 g/mol. The Morgan fingerprint density at radius 1 is 1.39 bits per heavy atom. The topological polar surface area (TPSA) is 63.1 Å². The molecule has 0 radical (unpaired) electrons. The molecule has 1 amide bonds. The Morgan fingerprint density at radius 2 is 2.22 bits per heavy atom. The average Bonchev–Trinajstić information content (AvgIpc) is 3.01. The second-order valence-electron chi connectivity index (χ2n) is 5.89. The van der Waals surface area contributed by atoms with Crippen LogP contribution >= 0.6 is 11.6 Å². The van der Waals surface area contributed by atoms with Crippen molar-refractivity contribution in [3.63, 3.8) is 0 Å². The highest BCUT2D eigenvalue weighted by Gasteiger charge is 2.38. The normalized spacial score (nSPS) is 21.2. The van der Waals surface area contributed by atoms with Crippen molar-refractivity contribution in [3.05, 3.63) is 47.0 Å². The van der Waals surface area contributed by atoms with Crippen molar-refractivity contribution >= 4 is 17.5 Å². The predicted octanol–water partition coefficient (Wildman–Crippen LogP) is 1.78. The maximum Gasteiger partial charge on any atom is 0.223 e. The molecule has 23 heavy (non-hydrogen) atoms. The minimum Gasteiger partial charge on any atom is -0.338 e. The van der Waals surface area contributed by atoms with Gasteiger partial charge in [0, 0.05) is 51.9 Å². The van der Waals surface area contributed by atoms with Crippen LogP contribution in [0.3, 0.4) is 0 Å². The van der Waals surface area contributed by atoms with E-state index in [1.165, 1.54) is 0 Å². The molecule has 2 atom stereocenters. The molecule has 1 N–H and O–H groups in total. The third-order valence-electron chi connectivity index (χ3n) is 4.43. The molecule has 0 saturated carbocycles. The van der Waals surface area contributed by atoms with E-state index in [-0.39, 0.29) is 17.9 Å². The number of carbonyl (C=O) groups is 1. The highest BCUT2D eigenvalue weighted by atomic mass is 35.5. The van der Waals surface area contributed by atoms with Crippen LogP contribution in [0.5, 0.6) is 0 Å². The van der Waals surface area contributed by atoms with Gasteiger partial charge in [0.05, 0.1) is 23.0 Å². The van der Waals surface area contributed by atoms with Gasteiger partial charge in [0.25, 0.3) is 0 Å². The van der Waals surface area contributed by atoms with Gasteiger partial charge in [0.2, 0.25) is 5.91 Å². The Kier molecular flexibility index (Phi) is 4.63. The fraction of sp³-hybridized carbons (Fsp3) is 0.438. The van der Waals surface area contributed by atoms with E-state index >= 15 is 0 Å². The first-order chi connectivity index (χ1) is 11.1. The van der Waals surface area contributed by atoms with E-state index in [1.54, 1.807) is 17.1 Å². The molecule has 122 valence electrons. The van der Waals surface area contributed by atoms with Crippen LogP contribution in [0.25, 0.3) is 0 Å². The van der Waals surface area contributed by atoms with Crippen LogP contribution < -0.4 is 5.32 Å². The average molecular weight is 334 g/mol. The van der Waals surface area contributed by atoms with Crippen LogP contribution in [-0.4, -0.2) is 39.2 Å². The summed E-state index contributed by atoms with van der Waals surface area (Å²) in [5.41, 5.74) is 2.02. The zero-order chi connectivity index (χ0) is 16.4. The first-order valence-electron chi connectivity index (χ1n) is 7.60. The van der Waals surface area contributed by atoms with Gasteiger partial charge in [-0.2, -0.15) is 5.10 Å². The molecule has 1 fully saturated rings. The van der Waals surface area contributed by atoms with E-state index in [9.17, 15) is 4.79 Å². The molecule has 3 heterocycles. The standard InChI is InChI=1S/C16H20ClN5O/c1-21-15(23)6-12(16(21)11-4-3-5-18-7-11)8-19-10-14-13(17)9-20-22(14)2/h3-5,7,9,12,16,19H,6,8,10H2,1-2H3/t12-,16-/m0/s1. The van der Waals surface area contributed by atoms with Crippen LogP contribution in [-0.2, 0) is 18.4 Å². The zero-order valence-corrected chi connectivity index (χ0v) is 14.0. The van der Waals surface area contributed by atoms with Gasteiger partial charge in [-0.1, -0.05) is 17.7 Å². The summed E-state index contributed by atoms with van der Waals surface area (Å²) in [6, 6.07) is 3.99. The van der Waals surface area contributed by atoms with Crippen LogP contribution in [0.1, 0.15) is 23.7 Å². The fourth-order valence-electron chi connectivity index (χ4n) is 3.19. The molecule has 3 rings (SSSR count). The van der Waals surface area contributed by atoms with Crippen molar-refractivity contribution in [1.82, 2.24) is 25.0 Å².